The number of nitrogens with zero attached hydrogens (tertiary/aromatic N) is 1. The Kier molecular flexibility index (Phi) is 6.08. The molecule has 0 spiro atoms. The lowest BCUT2D eigenvalue weighted by molar-refractivity contribution is -0.150. The van der Waals surface area contributed by atoms with Gasteiger partial charge in [0, 0.05) is 12.3 Å². The number of carbonyl (C=O) groups is 4. The summed E-state index contributed by atoms with van der Waals surface area (Å²) in [5.74, 6) is -2.12. The van der Waals surface area contributed by atoms with Crippen LogP contribution in [0.5, 0.6) is 0 Å². The van der Waals surface area contributed by atoms with Gasteiger partial charge < -0.3 is 9.90 Å². The number of carboxylic acids is 1. The average Bonchev–Trinajstić information content (AvgIpc) is 3.22. The van der Waals surface area contributed by atoms with E-state index in [0.29, 0.717) is 12.7 Å². The highest BCUT2D eigenvalue weighted by atomic mass is 16.4. The van der Waals surface area contributed by atoms with Crippen LogP contribution in [0.1, 0.15) is 52.9 Å². The fraction of sp³-hybridized carbons (Fsp3) is 0.733. The first-order chi connectivity index (χ1) is 10.1. The molecule has 1 fully saturated rings. The van der Waals surface area contributed by atoms with E-state index in [1.54, 1.807) is 0 Å². The second kappa shape index (κ2) is 7.38. The fourth-order valence-corrected chi connectivity index (χ4v) is 1.87. The standard InChI is InChI=1S/C15H24N2O5/c1-15(2,3)7-6-12(19)17(11(9-18)8-13(20)21)16-14(22)10-4-5-10/h9-11H,4-8H2,1-3H3,(H,16,22)(H,20,21)/t11-/m0/s1. The van der Waals surface area contributed by atoms with E-state index in [9.17, 15) is 19.2 Å². The molecule has 0 aromatic heterocycles. The van der Waals surface area contributed by atoms with Gasteiger partial charge in [-0.25, -0.2) is 5.01 Å². The number of aldehydes is 1. The molecule has 1 atom stereocenters. The van der Waals surface area contributed by atoms with Crippen LogP contribution in [-0.4, -0.2) is 40.2 Å². The summed E-state index contributed by atoms with van der Waals surface area (Å²) >= 11 is 0. The van der Waals surface area contributed by atoms with Crippen LogP contribution in [0.25, 0.3) is 0 Å². The molecule has 124 valence electrons. The number of hydrogen-bond acceptors (Lipinski definition) is 4. The zero-order valence-corrected chi connectivity index (χ0v) is 13.3. The smallest absolute Gasteiger partial charge is 0.305 e. The van der Waals surface area contributed by atoms with Crippen molar-refractivity contribution in [3.63, 3.8) is 0 Å². The summed E-state index contributed by atoms with van der Waals surface area (Å²) in [7, 11) is 0. The molecule has 1 aliphatic rings. The number of carbonyl (C=O) groups excluding carboxylic acids is 3. The third kappa shape index (κ3) is 6.24. The topological polar surface area (TPSA) is 104 Å². The number of hydrogen-bond donors (Lipinski definition) is 2. The summed E-state index contributed by atoms with van der Waals surface area (Å²) in [4.78, 5) is 46.2. The number of rotatable bonds is 7. The highest BCUT2D eigenvalue weighted by Crippen LogP contribution is 2.29. The predicted octanol–water partition coefficient (Wildman–Crippen LogP) is 1.12. The second-order valence-electron chi connectivity index (χ2n) is 6.88. The molecule has 0 aromatic carbocycles. The van der Waals surface area contributed by atoms with E-state index in [-0.39, 0.29) is 23.7 Å². The van der Waals surface area contributed by atoms with Crippen molar-refractivity contribution < 1.29 is 24.3 Å². The highest BCUT2D eigenvalue weighted by molar-refractivity contribution is 5.87. The molecule has 2 amide bonds. The normalized spacial score (nSPS) is 15.8. The van der Waals surface area contributed by atoms with Gasteiger partial charge in [-0.15, -0.1) is 0 Å². The lowest BCUT2D eigenvalue weighted by Gasteiger charge is -2.29. The number of hydrazine groups is 1. The van der Waals surface area contributed by atoms with Crippen LogP contribution in [0.2, 0.25) is 0 Å². The Morgan fingerprint density at radius 2 is 1.91 bits per heavy atom. The van der Waals surface area contributed by atoms with Gasteiger partial charge in [-0.2, -0.15) is 0 Å². The SMILES string of the molecule is CC(C)(C)CCC(=O)N(NC(=O)C1CC1)[C@H](C=O)CC(=O)O. The van der Waals surface area contributed by atoms with Gasteiger partial charge in [-0.1, -0.05) is 20.8 Å². The molecular weight excluding hydrogens is 288 g/mol. The molecule has 22 heavy (non-hydrogen) atoms. The maximum absolute atomic E-state index is 12.3. The van der Waals surface area contributed by atoms with Crippen molar-refractivity contribution in [2.75, 3.05) is 0 Å². The van der Waals surface area contributed by atoms with Crippen molar-refractivity contribution >= 4 is 24.1 Å². The van der Waals surface area contributed by atoms with Gasteiger partial charge in [-0.05, 0) is 24.7 Å². The lowest BCUT2D eigenvalue weighted by atomic mass is 9.90. The maximum Gasteiger partial charge on any atom is 0.305 e. The monoisotopic (exact) mass is 312 g/mol. The average molecular weight is 312 g/mol. The summed E-state index contributed by atoms with van der Waals surface area (Å²) < 4.78 is 0. The fourth-order valence-electron chi connectivity index (χ4n) is 1.87. The van der Waals surface area contributed by atoms with Crippen molar-refractivity contribution in [2.24, 2.45) is 11.3 Å². The molecule has 1 rings (SSSR count). The summed E-state index contributed by atoms with van der Waals surface area (Å²) in [6.07, 6.45) is 2.06. The molecule has 0 saturated heterocycles. The Balaban J connectivity index is 2.78. The van der Waals surface area contributed by atoms with E-state index in [1.807, 2.05) is 20.8 Å². The van der Waals surface area contributed by atoms with Gasteiger partial charge >= 0.3 is 5.97 Å². The summed E-state index contributed by atoms with van der Waals surface area (Å²) in [6.45, 7) is 5.92. The molecule has 7 nitrogen and oxygen atoms in total. The van der Waals surface area contributed by atoms with Crippen LogP contribution in [0.3, 0.4) is 0 Å². The van der Waals surface area contributed by atoms with Crippen molar-refractivity contribution in [3.05, 3.63) is 0 Å². The predicted molar refractivity (Wildman–Crippen MR) is 78.5 cm³/mol. The first-order valence-electron chi connectivity index (χ1n) is 7.43. The number of carboxylic acid groups (broad SMARTS) is 1. The Hall–Kier alpha value is -1.92. The minimum atomic E-state index is -1.20. The molecule has 0 aromatic rings. The molecular formula is C15H24N2O5. The van der Waals surface area contributed by atoms with Gasteiger partial charge in [0.05, 0.1) is 6.42 Å². The van der Waals surface area contributed by atoms with E-state index < -0.39 is 24.3 Å². The van der Waals surface area contributed by atoms with Crippen LogP contribution in [0.15, 0.2) is 0 Å². The lowest BCUT2D eigenvalue weighted by Crippen LogP contribution is -2.53. The number of aliphatic carboxylic acids is 1. The highest BCUT2D eigenvalue weighted by Gasteiger charge is 2.34. The van der Waals surface area contributed by atoms with Gasteiger partial charge in [0.15, 0.2) is 0 Å². The molecule has 1 aliphatic carbocycles. The summed E-state index contributed by atoms with van der Waals surface area (Å²) in [6, 6.07) is -1.19. The van der Waals surface area contributed by atoms with Crippen LogP contribution in [0, 0.1) is 11.3 Å². The van der Waals surface area contributed by atoms with Crippen molar-refractivity contribution in [3.8, 4) is 0 Å². The van der Waals surface area contributed by atoms with E-state index in [2.05, 4.69) is 5.43 Å². The summed E-state index contributed by atoms with van der Waals surface area (Å²) in [5, 5.41) is 9.75. The van der Waals surface area contributed by atoms with Crippen molar-refractivity contribution in [1.29, 1.82) is 0 Å². The largest absolute Gasteiger partial charge is 0.481 e. The molecule has 0 aliphatic heterocycles. The van der Waals surface area contributed by atoms with Crippen LogP contribution in [0.4, 0.5) is 0 Å². The molecule has 0 unspecified atom stereocenters. The summed E-state index contributed by atoms with van der Waals surface area (Å²) in [5.41, 5.74) is 2.34. The quantitative estimate of drug-likeness (QED) is 0.541. The first kappa shape index (κ1) is 18.1. The zero-order chi connectivity index (χ0) is 16.9. The van der Waals surface area contributed by atoms with Gasteiger partial charge in [-0.3, -0.25) is 19.8 Å². The van der Waals surface area contributed by atoms with Crippen molar-refractivity contribution in [1.82, 2.24) is 10.4 Å². The Bertz CT molecular complexity index is 451. The van der Waals surface area contributed by atoms with E-state index >= 15 is 0 Å². The van der Waals surface area contributed by atoms with Crippen LogP contribution >= 0.6 is 0 Å². The molecule has 0 heterocycles. The second-order valence-corrected chi connectivity index (χ2v) is 6.88. The van der Waals surface area contributed by atoms with Gasteiger partial charge in [0.1, 0.15) is 12.3 Å². The van der Waals surface area contributed by atoms with Crippen molar-refractivity contribution in [2.45, 2.75) is 58.9 Å². The number of nitrogens with one attached hydrogen (secondary N) is 1. The molecule has 0 bridgehead atoms. The van der Waals surface area contributed by atoms with E-state index in [0.717, 1.165) is 17.9 Å². The Morgan fingerprint density at radius 3 is 2.32 bits per heavy atom. The molecule has 0 radical (unpaired) electrons. The first-order valence-corrected chi connectivity index (χ1v) is 7.43. The molecule has 7 heteroatoms. The third-order valence-electron chi connectivity index (χ3n) is 3.41. The molecule has 2 N–H and O–H groups in total. The molecule has 1 saturated carbocycles. The third-order valence-corrected chi connectivity index (χ3v) is 3.41. The number of amides is 2. The van der Waals surface area contributed by atoms with Crippen LogP contribution < -0.4 is 5.43 Å². The Morgan fingerprint density at radius 1 is 1.32 bits per heavy atom. The van der Waals surface area contributed by atoms with Gasteiger partial charge in [0.25, 0.3) is 0 Å². The van der Waals surface area contributed by atoms with Gasteiger partial charge in [0.2, 0.25) is 11.8 Å². The minimum absolute atomic E-state index is 0.0781. The van der Waals surface area contributed by atoms with E-state index in [1.165, 1.54) is 0 Å². The maximum atomic E-state index is 12.3. The van der Waals surface area contributed by atoms with E-state index in [4.69, 9.17) is 5.11 Å². The zero-order valence-electron chi connectivity index (χ0n) is 13.3. The Labute approximate surface area is 130 Å². The minimum Gasteiger partial charge on any atom is -0.481 e. The van der Waals surface area contributed by atoms with Crippen LogP contribution in [-0.2, 0) is 19.2 Å².